The molecule has 1 aliphatic heterocycles. The van der Waals surface area contributed by atoms with Crippen molar-refractivity contribution in [3.05, 3.63) is 29.1 Å². The number of nitrogens with one attached hydrogen (secondary N) is 1. The lowest BCUT2D eigenvalue weighted by atomic mass is 9.91. The van der Waals surface area contributed by atoms with Crippen molar-refractivity contribution in [3.8, 4) is 5.75 Å². The number of halogens is 1. The fourth-order valence-electron chi connectivity index (χ4n) is 2.69. The van der Waals surface area contributed by atoms with Crippen LogP contribution < -0.4 is 10.1 Å². The van der Waals surface area contributed by atoms with Crippen LogP contribution in [0.5, 0.6) is 5.75 Å². The zero-order valence-electron chi connectivity index (χ0n) is 11.7. The smallest absolute Gasteiger partial charge is 0.170 e. The van der Waals surface area contributed by atoms with Crippen LogP contribution in [0.3, 0.4) is 0 Å². The van der Waals surface area contributed by atoms with Gasteiger partial charge in [0.05, 0.1) is 13.7 Å². The molecule has 1 aliphatic rings. The average molecular weight is 267 g/mol. The fraction of sp³-hybridized carbons (Fsp3) is 0.600. The van der Waals surface area contributed by atoms with E-state index in [9.17, 15) is 4.39 Å². The van der Waals surface area contributed by atoms with E-state index in [1.54, 1.807) is 13.2 Å². The van der Waals surface area contributed by atoms with Gasteiger partial charge >= 0.3 is 0 Å². The van der Waals surface area contributed by atoms with E-state index in [2.05, 4.69) is 5.32 Å². The molecule has 1 saturated heterocycles. The molecule has 0 aliphatic carbocycles. The van der Waals surface area contributed by atoms with E-state index in [1.807, 2.05) is 6.07 Å². The molecule has 1 heterocycles. The fourth-order valence-corrected chi connectivity index (χ4v) is 2.69. The summed E-state index contributed by atoms with van der Waals surface area (Å²) in [5, 5.41) is 3.38. The van der Waals surface area contributed by atoms with Crippen LogP contribution in [0.1, 0.15) is 24.0 Å². The largest absolute Gasteiger partial charge is 0.493 e. The van der Waals surface area contributed by atoms with Gasteiger partial charge in [0.1, 0.15) is 0 Å². The van der Waals surface area contributed by atoms with Gasteiger partial charge in [0.25, 0.3) is 0 Å². The van der Waals surface area contributed by atoms with Crippen LogP contribution in [0.15, 0.2) is 12.1 Å². The number of methoxy groups -OCH3 is 2. The van der Waals surface area contributed by atoms with Crippen LogP contribution in [-0.2, 0) is 17.8 Å². The Morgan fingerprint density at radius 1 is 1.32 bits per heavy atom. The molecule has 0 aromatic heterocycles. The Balaban J connectivity index is 2.17. The number of rotatable bonds is 5. The summed E-state index contributed by atoms with van der Waals surface area (Å²) in [6, 6.07) is 3.76. The van der Waals surface area contributed by atoms with Crippen LogP contribution in [0, 0.1) is 11.7 Å². The Bertz CT molecular complexity index is 417. The van der Waals surface area contributed by atoms with Crippen molar-refractivity contribution < 1.29 is 13.9 Å². The summed E-state index contributed by atoms with van der Waals surface area (Å²) in [7, 11) is 3.09. The van der Waals surface area contributed by atoms with Gasteiger partial charge in [0.2, 0.25) is 0 Å². The lowest BCUT2D eigenvalue weighted by molar-refractivity contribution is 0.180. The van der Waals surface area contributed by atoms with Crippen LogP contribution in [0.25, 0.3) is 0 Å². The van der Waals surface area contributed by atoms with E-state index < -0.39 is 0 Å². The number of hydrogen-bond acceptors (Lipinski definition) is 3. The van der Waals surface area contributed by atoms with E-state index in [0.717, 1.165) is 25.1 Å². The van der Waals surface area contributed by atoms with Gasteiger partial charge in [-0.25, -0.2) is 4.39 Å². The normalized spacial score (nSPS) is 19.4. The molecule has 4 heteroatoms. The third-order valence-corrected chi connectivity index (χ3v) is 3.67. The summed E-state index contributed by atoms with van der Waals surface area (Å²) >= 11 is 0. The highest BCUT2D eigenvalue weighted by molar-refractivity contribution is 5.39. The second kappa shape index (κ2) is 6.87. The first kappa shape index (κ1) is 14.3. The van der Waals surface area contributed by atoms with Gasteiger partial charge in [-0.05, 0) is 43.8 Å². The first-order valence-electron chi connectivity index (χ1n) is 6.80. The van der Waals surface area contributed by atoms with Crippen molar-refractivity contribution in [1.29, 1.82) is 0 Å². The topological polar surface area (TPSA) is 30.5 Å². The quantitative estimate of drug-likeness (QED) is 0.889. The minimum absolute atomic E-state index is 0.271. The molecule has 0 radical (unpaired) electrons. The molecule has 1 aromatic rings. The van der Waals surface area contributed by atoms with Crippen LogP contribution >= 0.6 is 0 Å². The van der Waals surface area contributed by atoms with Crippen molar-refractivity contribution in [3.63, 3.8) is 0 Å². The van der Waals surface area contributed by atoms with Gasteiger partial charge in [0, 0.05) is 12.7 Å². The maximum absolute atomic E-state index is 14.3. The van der Waals surface area contributed by atoms with Gasteiger partial charge in [-0.2, -0.15) is 0 Å². The van der Waals surface area contributed by atoms with Crippen molar-refractivity contribution in [1.82, 2.24) is 5.32 Å². The first-order chi connectivity index (χ1) is 9.26. The molecule has 1 fully saturated rings. The molecule has 0 bridgehead atoms. The molecule has 1 aromatic carbocycles. The minimum Gasteiger partial charge on any atom is -0.493 e. The third kappa shape index (κ3) is 3.45. The van der Waals surface area contributed by atoms with E-state index in [-0.39, 0.29) is 12.4 Å². The molecule has 0 amide bonds. The minimum atomic E-state index is -0.286. The summed E-state index contributed by atoms with van der Waals surface area (Å²) in [4.78, 5) is 0. The van der Waals surface area contributed by atoms with Gasteiger partial charge in [-0.15, -0.1) is 0 Å². The zero-order chi connectivity index (χ0) is 13.7. The molecule has 106 valence electrons. The monoisotopic (exact) mass is 267 g/mol. The molecule has 2 rings (SSSR count). The Morgan fingerprint density at radius 3 is 2.74 bits per heavy atom. The molecule has 1 unspecified atom stereocenters. The maximum atomic E-state index is 14.3. The first-order valence-corrected chi connectivity index (χ1v) is 6.80. The van der Waals surface area contributed by atoms with Gasteiger partial charge in [-0.1, -0.05) is 12.1 Å². The van der Waals surface area contributed by atoms with Gasteiger partial charge < -0.3 is 14.8 Å². The van der Waals surface area contributed by atoms with E-state index >= 15 is 0 Å². The molecule has 19 heavy (non-hydrogen) atoms. The predicted octanol–water partition coefficient (Wildman–Crippen LogP) is 2.52. The van der Waals surface area contributed by atoms with E-state index in [0.29, 0.717) is 17.2 Å². The third-order valence-electron chi connectivity index (χ3n) is 3.67. The van der Waals surface area contributed by atoms with Crippen LogP contribution in [0.2, 0.25) is 0 Å². The lowest BCUT2D eigenvalue weighted by Crippen LogP contribution is -2.31. The number of piperidine rings is 1. The molecule has 1 N–H and O–H groups in total. The van der Waals surface area contributed by atoms with E-state index in [1.165, 1.54) is 20.0 Å². The number of ether oxygens (including phenoxy) is 2. The summed E-state index contributed by atoms with van der Waals surface area (Å²) in [6.45, 7) is 2.37. The van der Waals surface area contributed by atoms with Gasteiger partial charge in [-0.3, -0.25) is 0 Å². The highest BCUT2D eigenvalue weighted by Crippen LogP contribution is 2.29. The molecule has 0 saturated carbocycles. The van der Waals surface area contributed by atoms with Gasteiger partial charge in [0.15, 0.2) is 11.6 Å². The second-order valence-electron chi connectivity index (χ2n) is 5.08. The second-order valence-corrected chi connectivity index (χ2v) is 5.08. The Morgan fingerprint density at radius 2 is 2.11 bits per heavy atom. The van der Waals surface area contributed by atoms with E-state index in [4.69, 9.17) is 9.47 Å². The zero-order valence-corrected chi connectivity index (χ0v) is 11.7. The Labute approximate surface area is 114 Å². The molecule has 3 nitrogen and oxygen atoms in total. The maximum Gasteiger partial charge on any atom is 0.170 e. The lowest BCUT2D eigenvalue weighted by Gasteiger charge is -2.23. The van der Waals surface area contributed by atoms with Crippen molar-refractivity contribution in [2.45, 2.75) is 25.9 Å². The SMILES string of the molecule is COCc1ccc(CC2CCCNC2)c(OC)c1F. The summed E-state index contributed by atoms with van der Waals surface area (Å²) in [5.74, 6) is 0.654. The highest BCUT2D eigenvalue weighted by Gasteiger charge is 2.19. The summed E-state index contributed by atoms with van der Waals surface area (Å²) in [6.07, 6.45) is 3.25. The van der Waals surface area contributed by atoms with Crippen molar-refractivity contribution in [2.75, 3.05) is 27.3 Å². The standard InChI is InChI=1S/C15H22FNO2/c1-18-10-13-6-5-12(15(19-2)14(13)16)8-11-4-3-7-17-9-11/h5-6,11,17H,3-4,7-10H2,1-2H3. The molecule has 0 spiro atoms. The molecular weight excluding hydrogens is 245 g/mol. The summed E-state index contributed by atoms with van der Waals surface area (Å²) < 4.78 is 24.5. The van der Waals surface area contributed by atoms with Crippen LogP contribution in [-0.4, -0.2) is 27.3 Å². The predicted molar refractivity (Wildman–Crippen MR) is 73.0 cm³/mol. The highest BCUT2D eigenvalue weighted by atomic mass is 19.1. The van der Waals surface area contributed by atoms with Crippen molar-refractivity contribution in [2.24, 2.45) is 5.92 Å². The van der Waals surface area contributed by atoms with Crippen molar-refractivity contribution >= 4 is 0 Å². The number of hydrogen-bond donors (Lipinski definition) is 1. The summed E-state index contributed by atoms with van der Waals surface area (Å²) in [5.41, 5.74) is 1.50. The Kier molecular flexibility index (Phi) is 5.16. The Hall–Kier alpha value is -1.13. The number of benzene rings is 1. The molecule has 1 atom stereocenters. The average Bonchev–Trinajstić information content (AvgIpc) is 2.43. The van der Waals surface area contributed by atoms with Crippen LogP contribution in [0.4, 0.5) is 4.39 Å². The molecular formula is C15H22FNO2.